The van der Waals surface area contributed by atoms with E-state index < -0.39 is 0 Å². The predicted molar refractivity (Wildman–Crippen MR) is 114 cm³/mol. The highest BCUT2D eigenvalue weighted by Crippen LogP contribution is 2.27. The molecular weight excluding hydrogens is 425 g/mol. The zero-order valence-electron chi connectivity index (χ0n) is 14.4. The molecule has 3 rings (SSSR count). The number of nitrogens with two attached hydrogens (primary N) is 1. The molecule has 3 N–H and O–H groups in total. The molecule has 0 heterocycles. The summed E-state index contributed by atoms with van der Waals surface area (Å²) in [7, 11) is 0. The zero-order chi connectivity index (χ0) is 16.6. The Hall–Kier alpha value is -1.76. The van der Waals surface area contributed by atoms with Gasteiger partial charge in [0.2, 0.25) is 0 Å². The number of rotatable bonds is 7. The fourth-order valence-electron chi connectivity index (χ4n) is 2.62. The van der Waals surface area contributed by atoms with Crippen LogP contribution >= 0.6 is 24.0 Å². The quantitative estimate of drug-likeness (QED) is 0.382. The van der Waals surface area contributed by atoms with Gasteiger partial charge >= 0.3 is 0 Å². The number of benzene rings is 2. The van der Waals surface area contributed by atoms with Gasteiger partial charge in [-0.2, -0.15) is 0 Å². The van der Waals surface area contributed by atoms with Gasteiger partial charge in [-0.05, 0) is 37.3 Å². The summed E-state index contributed by atoms with van der Waals surface area (Å²) < 4.78 is 6.02. The number of guanidine groups is 1. The van der Waals surface area contributed by atoms with E-state index in [1.807, 2.05) is 36.4 Å². The number of halogens is 1. The highest BCUT2D eigenvalue weighted by molar-refractivity contribution is 14.0. The Balaban J connectivity index is 0.00000225. The number of aliphatic imine (C=N–C) groups is 1. The van der Waals surface area contributed by atoms with Crippen LogP contribution in [0, 0.1) is 0 Å². The maximum absolute atomic E-state index is 6.02. The monoisotopic (exact) mass is 451 g/mol. The minimum atomic E-state index is 0. The highest BCUT2D eigenvalue weighted by atomic mass is 127. The maximum Gasteiger partial charge on any atom is 0.188 e. The van der Waals surface area contributed by atoms with E-state index >= 15 is 0 Å². The van der Waals surface area contributed by atoms with Gasteiger partial charge in [0.1, 0.15) is 5.75 Å². The molecule has 134 valence electrons. The smallest absolute Gasteiger partial charge is 0.188 e. The molecule has 0 unspecified atom stereocenters. The van der Waals surface area contributed by atoms with Gasteiger partial charge in [0.15, 0.2) is 5.96 Å². The Morgan fingerprint density at radius 2 is 1.80 bits per heavy atom. The van der Waals surface area contributed by atoms with Gasteiger partial charge in [-0.3, -0.25) is 0 Å². The van der Waals surface area contributed by atoms with Crippen molar-refractivity contribution in [1.29, 1.82) is 0 Å². The fraction of sp³-hybridized carbons (Fsp3) is 0.350. The van der Waals surface area contributed by atoms with Gasteiger partial charge in [-0.15, -0.1) is 24.0 Å². The Morgan fingerprint density at radius 3 is 2.52 bits per heavy atom. The van der Waals surface area contributed by atoms with Crippen molar-refractivity contribution < 1.29 is 4.74 Å². The molecule has 0 aromatic heterocycles. The van der Waals surface area contributed by atoms with Crippen LogP contribution < -0.4 is 15.8 Å². The van der Waals surface area contributed by atoms with Gasteiger partial charge in [-0.25, -0.2) is 4.99 Å². The van der Waals surface area contributed by atoms with Crippen molar-refractivity contribution in [1.82, 2.24) is 5.32 Å². The first-order valence-corrected chi connectivity index (χ1v) is 8.63. The molecule has 0 atom stereocenters. The molecule has 0 aliphatic heterocycles. The second kappa shape index (κ2) is 10.3. The summed E-state index contributed by atoms with van der Waals surface area (Å²) in [5.74, 6) is 1.41. The van der Waals surface area contributed by atoms with Gasteiger partial charge in [-0.1, -0.05) is 48.5 Å². The Kier molecular flexibility index (Phi) is 8.04. The van der Waals surface area contributed by atoms with Gasteiger partial charge in [0.05, 0.1) is 12.6 Å². The third-order valence-electron chi connectivity index (χ3n) is 4.30. The molecule has 2 aromatic rings. The van der Waals surface area contributed by atoms with Crippen LogP contribution in [-0.4, -0.2) is 18.6 Å². The first kappa shape index (κ1) is 19.6. The summed E-state index contributed by atoms with van der Waals surface area (Å²) in [6.07, 6.45) is 4.87. The molecular formula is C20H26IN3O. The van der Waals surface area contributed by atoms with E-state index in [9.17, 15) is 0 Å². The highest BCUT2D eigenvalue weighted by Gasteiger charge is 2.19. The summed E-state index contributed by atoms with van der Waals surface area (Å²) >= 11 is 0. The molecule has 1 fully saturated rings. The van der Waals surface area contributed by atoms with Crippen LogP contribution in [0.2, 0.25) is 0 Å². The van der Waals surface area contributed by atoms with Crippen LogP contribution in [0.1, 0.15) is 30.4 Å². The summed E-state index contributed by atoms with van der Waals surface area (Å²) in [5, 5.41) is 3.17. The largest absolute Gasteiger partial charge is 0.490 e. The van der Waals surface area contributed by atoms with Crippen LogP contribution in [-0.2, 0) is 13.0 Å². The van der Waals surface area contributed by atoms with Crippen molar-refractivity contribution in [2.24, 2.45) is 10.7 Å². The van der Waals surface area contributed by atoms with Crippen molar-refractivity contribution in [3.8, 4) is 5.75 Å². The van der Waals surface area contributed by atoms with Gasteiger partial charge < -0.3 is 15.8 Å². The zero-order valence-corrected chi connectivity index (χ0v) is 16.7. The molecule has 2 aromatic carbocycles. The van der Waals surface area contributed by atoms with Crippen LogP contribution in [0.3, 0.4) is 0 Å². The summed E-state index contributed by atoms with van der Waals surface area (Å²) in [5.41, 5.74) is 8.34. The Labute approximate surface area is 166 Å². The average molecular weight is 451 g/mol. The Bertz CT molecular complexity index is 672. The van der Waals surface area contributed by atoms with Crippen LogP contribution in [0.15, 0.2) is 59.6 Å². The maximum atomic E-state index is 6.02. The minimum absolute atomic E-state index is 0. The first-order valence-electron chi connectivity index (χ1n) is 8.63. The molecule has 4 nitrogen and oxygen atoms in total. The van der Waals surface area contributed by atoms with E-state index in [2.05, 4.69) is 28.5 Å². The van der Waals surface area contributed by atoms with Crippen LogP contribution in [0.5, 0.6) is 5.75 Å². The third-order valence-corrected chi connectivity index (χ3v) is 4.30. The van der Waals surface area contributed by atoms with Crippen molar-refractivity contribution in [2.75, 3.05) is 6.54 Å². The predicted octanol–water partition coefficient (Wildman–Crippen LogP) is 3.88. The SMILES string of the molecule is I.NC(=NCc1ccccc1OC1CCC1)NCCc1ccccc1. The van der Waals surface area contributed by atoms with Crippen LogP contribution in [0.4, 0.5) is 0 Å². The molecule has 25 heavy (non-hydrogen) atoms. The molecule has 0 amide bonds. The number of nitrogens with one attached hydrogen (secondary N) is 1. The summed E-state index contributed by atoms with van der Waals surface area (Å²) in [6.45, 7) is 1.31. The lowest BCUT2D eigenvalue weighted by Crippen LogP contribution is -2.33. The van der Waals surface area contributed by atoms with E-state index in [0.717, 1.165) is 37.1 Å². The van der Waals surface area contributed by atoms with E-state index in [0.29, 0.717) is 18.6 Å². The second-order valence-electron chi connectivity index (χ2n) is 6.14. The lowest BCUT2D eigenvalue weighted by atomic mass is 9.96. The third kappa shape index (κ3) is 6.23. The molecule has 1 aliphatic carbocycles. The second-order valence-corrected chi connectivity index (χ2v) is 6.14. The van der Waals surface area contributed by atoms with Crippen molar-refractivity contribution in [3.05, 3.63) is 65.7 Å². The molecule has 0 spiro atoms. The van der Waals surface area contributed by atoms with Crippen molar-refractivity contribution >= 4 is 29.9 Å². The molecule has 5 heteroatoms. The van der Waals surface area contributed by atoms with Gasteiger partial charge in [0.25, 0.3) is 0 Å². The molecule has 1 aliphatic rings. The number of hydrogen-bond donors (Lipinski definition) is 2. The molecule has 0 bridgehead atoms. The Morgan fingerprint density at radius 1 is 1.08 bits per heavy atom. The standard InChI is InChI=1S/C20H25N3O.HI/c21-20(22-14-13-16-7-2-1-3-8-16)23-15-17-9-4-5-12-19(17)24-18-10-6-11-18;/h1-5,7-9,12,18H,6,10-11,13-15H2,(H3,21,22,23);1H. The number of hydrogen-bond acceptors (Lipinski definition) is 2. The molecule has 0 radical (unpaired) electrons. The number of para-hydroxylation sites is 1. The minimum Gasteiger partial charge on any atom is -0.490 e. The van der Waals surface area contributed by atoms with Crippen molar-refractivity contribution in [2.45, 2.75) is 38.3 Å². The van der Waals surface area contributed by atoms with Crippen LogP contribution in [0.25, 0.3) is 0 Å². The first-order chi connectivity index (χ1) is 11.8. The van der Waals surface area contributed by atoms with Gasteiger partial charge in [0, 0.05) is 12.1 Å². The van der Waals surface area contributed by atoms with E-state index in [-0.39, 0.29) is 24.0 Å². The number of ether oxygens (including phenoxy) is 1. The average Bonchev–Trinajstić information content (AvgIpc) is 2.58. The summed E-state index contributed by atoms with van der Waals surface area (Å²) in [6, 6.07) is 18.4. The van der Waals surface area contributed by atoms with Crippen molar-refractivity contribution in [3.63, 3.8) is 0 Å². The lowest BCUT2D eigenvalue weighted by molar-refractivity contribution is 0.119. The normalized spacial score (nSPS) is 14.3. The van der Waals surface area contributed by atoms with E-state index in [1.165, 1.54) is 12.0 Å². The van der Waals surface area contributed by atoms with E-state index in [4.69, 9.17) is 10.5 Å². The topological polar surface area (TPSA) is 59.6 Å². The molecule has 0 saturated heterocycles. The molecule has 1 saturated carbocycles. The summed E-state index contributed by atoms with van der Waals surface area (Å²) in [4.78, 5) is 4.44. The number of nitrogens with zero attached hydrogens (tertiary/aromatic N) is 1. The van der Waals surface area contributed by atoms with E-state index in [1.54, 1.807) is 0 Å². The fourth-order valence-corrected chi connectivity index (χ4v) is 2.62. The lowest BCUT2D eigenvalue weighted by Gasteiger charge is -2.27.